The molecule has 9 heteroatoms. The van der Waals surface area contributed by atoms with Gasteiger partial charge in [0.2, 0.25) is 5.91 Å². The minimum atomic E-state index is -0.0740. The number of aromatic nitrogens is 1. The van der Waals surface area contributed by atoms with E-state index in [-0.39, 0.29) is 5.91 Å². The van der Waals surface area contributed by atoms with Crippen LogP contribution in [-0.2, 0) is 17.8 Å². The van der Waals surface area contributed by atoms with E-state index in [4.69, 9.17) is 0 Å². The number of amides is 1. The summed E-state index contributed by atoms with van der Waals surface area (Å²) in [5.74, 6) is 2.13. The maximum absolute atomic E-state index is 11.6. The fraction of sp³-hybridized carbons (Fsp3) is 0.226. The van der Waals surface area contributed by atoms with E-state index in [9.17, 15) is 4.79 Å². The Kier molecular flexibility index (Phi) is 6.08. The number of hydrogen-bond acceptors (Lipinski definition) is 4. The molecule has 0 atom stereocenters. The first-order valence-electron chi connectivity index (χ1n) is 14.0. The van der Waals surface area contributed by atoms with Crippen molar-refractivity contribution in [3.8, 4) is 0 Å². The normalized spacial score (nSPS) is 19.1. The third-order valence-corrected chi connectivity index (χ3v) is 7.87. The smallest absolute Gasteiger partial charge is 0.329 e. The lowest BCUT2D eigenvalue weighted by molar-refractivity contribution is -0.550. The van der Waals surface area contributed by atoms with E-state index in [1.807, 2.05) is 17.1 Å². The van der Waals surface area contributed by atoms with Crippen molar-refractivity contribution in [3.05, 3.63) is 113 Å². The van der Waals surface area contributed by atoms with Crippen molar-refractivity contribution in [2.45, 2.75) is 39.7 Å². The van der Waals surface area contributed by atoms with Crippen molar-refractivity contribution in [2.75, 3.05) is 16.9 Å². The number of anilines is 2. The van der Waals surface area contributed by atoms with Crippen LogP contribution in [0.25, 0.3) is 5.57 Å². The maximum Gasteiger partial charge on any atom is 0.553 e. The van der Waals surface area contributed by atoms with Crippen LogP contribution < -0.4 is 21.3 Å². The highest BCUT2D eigenvalue weighted by molar-refractivity contribution is 6.41. The Morgan fingerprint density at radius 2 is 1.88 bits per heavy atom. The molecule has 0 fully saturated rings. The van der Waals surface area contributed by atoms with Crippen LogP contribution in [0.15, 0.2) is 90.4 Å². The molecule has 3 aromatic rings. The minimum absolute atomic E-state index is 0.0740. The summed E-state index contributed by atoms with van der Waals surface area (Å²) in [7, 11) is 2.21. The highest BCUT2D eigenvalue weighted by Crippen LogP contribution is 2.39. The number of allylic oxidation sites excluding steroid dienone is 2. The Hall–Kier alpha value is -4.50. The number of carbonyl (C=O) groups is 1. The molecule has 0 saturated heterocycles. The zero-order valence-electron chi connectivity index (χ0n) is 22.8. The summed E-state index contributed by atoms with van der Waals surface area (Å²) in [5, 5.41) is 4.93. The van der Waals surface area contributed by atoms with Crippen molar-refractivity contribution in [2.24, 2.45) is 0 Å². The monoisotopic (exact) mass is 529 g/mol. The molecule has 0 aliphatic carbocycles. The van der Waals surface area contributed by atoms with Gasteiger partial charge in [-0.05, 0) is 53.5 Å². The Balaban J connectivity index is 1.32. The van der Waals surface area contributed by atoms with Crippen LogP contribution in [0.4, 0.5) is 11.5 Å². The molecule has 1 radical (unpaired) electrons. The van der Waals surface area contributed by atoms with E-state index in [2.05, 4.69) is 111 Å². The molecule has 5 heterocycles. The molecular formula is C31H32BN7O+. The molecule has 4 aliphatic rings. The first-order valence-corrected chi connectivity index (χ1v) is 14.0. The standard InChI is InChI=1S/C31H31BN7O/c1-3-6-26-20-37(35-34-26)30-16-14-28-31(23-9-11-25(12-10-23)33-21(2)40)27-13-15-29(38(27)32-39(28)30)36-18-17-22-7-4-5-8-24(22)19-36/h4-5,7-16,20,34-35H,3,6,17-19H2,1-2H3/p+1. The number of nitrogens with one attached hydrogen (secondary N) is 3. The zero-order chi connectivity index (χ0) is 27.2. The zero-order valence-corrected chi connectivity index (χ0v) is 22.8. The van der Waals surface area contributed by atoms with E-state index in [0.717, 1.165) is 66.4 Å². The number of carbonyl (C=O) groups excluding carboxylic acids is 1. The maximum atomic E-state index is 11.6. The molecule has 1 aromatic heterocycles. The second kappa shape index (κ2) is 9.91. The number of amidine groups is 1. The number of rotatable bonds is 5. The number of hydrogen-bond donors (Lipinski definition) is 3. The summed E-state index contributed by atoms with van der Waals surface area (Å²) in [4.78, 5) is 13.9. The summed E-state index contributed by atoms with van der Waals surface area (Å²) < 4.78 is 4.73. The van der Waals surface area contributed by atoms with Crippen molar-refractivity contribution >= 4 is 36.4 Å². The third kappa shape index (κ3) is 4.23. The SMILES string of the molecule is CCCC1=CN(c2ccc3n2[B]N2C(=C3c3ccc(NC(C)=O)cc3)C=CC2=[N+]2CCc3ccccc3C2)NN1. The van der Waals surface area contributed by atoms with Gasteiger partial charge in [0, 0.05) is 48.3 Å². The molecular weight excluding hydrogens is 497 g/mol. The molecule has 1 amide bonds. The van der Waals surface area contributed by atoms with Crippen molar-refractivity contribution in [1.82, 2.24) is 20.2 Å². The van der Waals surface area contributed by atoms with Gasteiger partial charge in [0.25, 0.3) is 5.84 Å². The second-order valence-electron chi connectivity index (χ2n) is 10.6. The summed E-state index contributed by atoms with van der Waals surface area (Å²) in [6.45, 7) is 5.58. The third-order valence-electron chi connectivity index (χ3n) is 7.87. The second-order valence-corrected chi connectivity index (χ2v) is 10.6. The first-order chi connectivity index (χ1) is 19.6. The van der Waals surface area contributed by atoms with Gasteiger partial charge in [-0.2, -0.15) is 0 Å². The molecule has 0 saturated carbocycles. The van der Waals surface area contributed by atoms with Gasteiger partial charge in [-0.3, -0.25) is 14.2 Å². The molecule has 4 aliphatic heterocycles. The van der Waals surface area contributed by atoms with Gasteiger partial charge in [0.15, 0.2) is 0 Å². The lowest BCUT2D eigenvalue weighted by atomic mass is 9.91. The Morgan fingerprint density at radius 1 is 1.05 bits per heavy atom. The molecule has 8 nitrogen and oxygen atoms in total. The van der Waals surface area contributed by atoms with Gasteiger partial charge in [-0.25, -0.2) is 5.01 Å². The summed E-state index contributed by atoms with van der Waals surface area (Å²) in [5.41, 5.74) is 15.9. The number of nitrogens with zero attached hydrogens (tertiary/aromatic N) is 4. The van der Waals surface area contributed by atoms with Crippen LogP contribution in [0.3, 0.4) is 0 Å². The van der Waals surface area contributed by atoms with Gasteiger partial charge in [-0.1, -0.05) is 49.7 Å². The Labute approximate surface area is 235 Å². The van der Waals surface area contributed by atoms with Crippen molar-refractivity contribution in [1.29, 1.82) is 0 Å². The highest BCUT2D eigenvalue weighted by atomic mass is 16.1. The molecule has 7 rings (SSSR count). The van der Waals surface area contributed by atoms with Crippen LogP contribution in [0.2, 0.25) is 0 Å². The summed E-state index contributed by atoms with van der Waals surface area (Å²) in [6, 6.07) is 21.2. The van der Waals surface area contributed by atoms with Crippen LogP contribution in [0.5, 0.6) is 0 Å². The predicted octanol–water partition coefficient (Wildman–Crippen LogP) is 4.11. The van der Waals surface area contributed by atoms with Gasteiger partial charge in [-0.15, -0.1) is 5.53 Å². The molecule has 199 valence electrons. The van der Waals surface area contributed by atoms with E-state index in [0.29, 0.717) is 0 Å². The fourth-order valence-electron chi connectivity index (χ4n) is 6.01. The average molecular weight is 529 g/mol. The first kappa shape index (κ1) is 24.5. The highest BCUT2D eigenvalue weighted by Gasteiger charge is 2.41. The number of hydrazine groups is 2. The quantitative estimate of drug-likeness (QED) is 0.343. The summed E-state index contributed by atoms with van der Waals surface area (Å²) in [6.07, 6.45) is 9.71. The van der Waals surface area contributed by atoms with E-state index in [1.165, 1.54) is 29.6 Å². The molecule has 0 bridgehead atoms. The minimum Gasteiger partial charge on any atom is -0.329 e. The van der Waals surface area contributed by atoms with Gasteiger partial charge in [0.05, 0.1) is 6.54 Å². The van der Waals surface area contributed by atoms with Crippen LogP contribution >= 0.6 is 0 Å². The van der Waals surface area contributed by atoms with Crippen LogP contribution in [-0.4, -0.2) is 39.7 Å². The van der Waals surface area contributed by atoms with Gasteiger partial charge in [0.1, 0.15) is 18.1 Å². The van der Waals surface area contributed by atoms with E-state index >= 15 is 0 Å². The number of fused-ring (bicyclic) bond motifs is 3. The topological polar surface area (TPSA) is 67.6 Å². The summed E-state index contributed by atoms with van der Waals surface area (Å²) >= 11 is 0. The average Bonchev–Trinajstić information content (AvgIpc) is 3.70. The fourth-order valence-corrected chi connectivity index (χ4v) is 6.01. The van der Waals surface area contributed by atoms with Gasteiger partial charge < -0.3 is 15.2 Å². The lowest BCUT2D eigenvalue weighted by Gasteiger charge is -2.29. The van der Waals surface area contributed by atoms with Crippen LogP contribution in [0, 0.1) is 0 Å². The largest absolute Gasteiger partial charge is 0.553 e. The van der Waals surface area contributed by atoms with Crippen molar-refractivity contribution < 1.29 is 9.37 Å². The molecule has 2 aromatic carbocycles. The van der Waals surface area contributed by atoms with E-state index < -0.39 is 0 Å². The van der Waals surface area contributed by atoms with Gasteiger partial charge >= 0.3 is 7.55 Å². The number of benzene rings is 2. The lowest BCUT2D eigenvalue weighted by Crippen LogP contribution is -2.45. The molecule has 40 heavy (non-hydrogen) atoms. The predicted molar refractivity (Wildman–Crippen MR) is 159 cm³/mol. The molecule has 0 spiro atoms. The van der Waals surface area contributed by atoms with E-state index in [1.54, 1.807) is 0 Å². The van der Waals surface area contributed by atoms with Crippen LogP contribution in [0.1, 0.15) is 49.1 Å². The molecule has 0 unspecified atom stereocenters. The Morgan fingerprint density at radius 3 is 2.67 bits per heavy atom. The molecule has 3 N–H and O–H groups in total. The Bertz CT molecular complexity index is 1630. The van der Waals surface area contributed by atoms with Crippen molar-refractivity contribution in [3.63, 3.8) is 0 Å².